The van der Waals surface area contributed by atoms with Crippen molar-refractivity contribution >= 4 is 18.0 Å². The van der Waals surface area contributed by atoms with Crippen LogP contribution in [-0.2, 0) is 17.6 Å². The molecule has 1 amide bonds. The minimum atomic E-state index is -0.151. The highest BCUT2D eigenvalue weighted by Crippen LogP contribution is 2.26. The second-order valence-electron chi connectivity index (χ2n) is 4.80. The topological polar surface area (TPSA) is 72.0 Å². The number of rotatable bonds is 3. The Balaban J connectivity index is 1.71. The third kappa shape index (κ3) is 2.42. The molecule has 0 radical (unpaired) electrons. The van der Waals surface area contributed by atoms with Gasteiger partial charge in [-0.3, -0.25) is 14.6 Å². The fourth-order valence-corrected chi connectivity index (χ4v) is 2.40. The number of fused-ring (bicyclic) bond motifs is 1. The summed E-state index contributed by atoms with van der Waals surface area (Å²) in [7, 11) is 0. The molecule has 0 aromatic carbocycles. The van der Waals surface area contributed by atoms with Crippen LogP contribution in [0.3, 0.4) is 0 Å². The summed E-state index contributed by atoms with van der Waals surface area (Å²) in [6.07, 6.45) is 5.17. The number of amides is 1. The molecule has 2 aromatic rings. The van der Waals surface area contributed by atoms with Gasteiger partial charge in [0, 0.05) is 36.0 Å². The first-order valence-electron chi connectivity index (χ1n) is 6.41. The van der Waals surface area contributed by atoms with Gasteiger partial charge in [-0.25, -0.2) is 4.98 Å². The number of aromatic nitrogens is 2. The molecule has 3 rings (SSSR count). The van der Waals surface area contributed by atoms with Gasteiger partial charge in [-0.2, -0.15) is 0 Å². The lowest BCUT2D eigenvalue weighted by Crippen LogP contribution is -2.23. The van der Waals surface area contributed by atoms with Crippen LogP contribution in [0.5, 0.6) is 0 Å². The maximum Gasteiger partial charge on any atom is 0.229 e. The third-order valence-electron chi connectivity index (χ3n) is 3.41. The van der Waals surface area contributed by atoms with E-state index in [4.69, 9.17) is 0 Å². The zero-order valence-corrected chi connectivity index (χ0v) is 10.7. The van der Waals surface area contributed by atoms with Crippen LogP contribution >= 0.6 is 0 Å². The Hall–Kier alpha value is -2.56. The van der Waals surface area contributed by atoms with E-state index in [1.54, 1.807) is 24.5 Å². The minimum absolute atomic E-state index is 0.0608. The Morgan fingerprint density at radius 3 is 2.95 bits per heavy atom. The summed E-state index contributed by atoms with van der Waals surface area (Å²) in [4.78, 5) is 31.2. The predicted octanol–water partition coefficient (Wildman–Crippen LogP) is 1.64. The van der Waals surface area contributed by atoms with Crippen molar-refractivity contribution in [2.45, 2.75) is 12.8 Å². The summed E-state index contributed by atoms with van der Waals surface area (Å²) in [5.41, 5.74) is 2.43. The number of hydrogen-bond donors (Lipinski definition) is 1. The van der Waals surface area contributed by atoms with Gasteiger partial charge >= 0.3 is 0 Å². The molecule has 1 N–H and O–H groups in total. The highest BCUT2D eigenvalue weighted by molar-refractivity contribution is 5.92. The highest BCUT2D eigenvalue weighted by Gasteiger charge is 2.28. The summed E-state index contributed by atoms with van der Waals surface area (Å²) < 4.78 is 0. The zero-order valence-electron chi connectivity index (χ0n) is 10.7. The van der Waals surface area contributed by atoms with Crippen molar-refractivity contribution in [3.8, 4) is 0 Å². The van der Waals surface area contributed by atoms with Crippen molar-refractivity contribution in [2.75, 3.05) is 5.32 Å². The molecule has 1 aliphatic rings. The van der Waals surface area contributed by atoms with E-state index in [9.17, 15) is 9.59 Å². The molecule has 0 saturated carbocycles. The molecule has 0 saturated heterocycles. The van der Waals surface area contributed by atoms with Crippen LogP contribution in [0.15, 0.2) is 36.7 Å². The SMILES string of the molecule is O=Cc1cnc2c(c1)CC(C(=O)Nc1ccccn1)C2. The summed E-state index contributed by atoms with van der Waals surface area (Å²) in [6.45, 7) is 0. The first-order chi connectivity index (χ1) is 9.76. The van der Waals surface area contributed by atoms with E-state index in [0.717, 1.165) is 17.5 Å². The minimum Gasteiger partial charge on any atom is -0.310 e. The molecular weight excluding hydrogens is 254 g/mol. The van der Waals surface area contributed by atoms with E-state index in [2.05, 4.69) is 15.3 Å². The summed E-state index contributed by atoms with van der Waals surface area (Å²) in [6, 6.07) is 7.18. The standard InChI is InChI=1S/C15H13N3O2/c19-9-10-5-11-6-12(7-13(11)17-8-10)15(20)18-14-3-1-2-4-16-14/h1-5,8-9,12H,6-7H2,(H,16,18,20). The number of nitrogens with zero attached hydrogens (tertiary/aromatic N) is 2. The third-order valence-corrected chi connectivity index (χ3v) is 3.41. The normalized spacial score (nSPS) is 16.5. The lowest BCUT2D eigenvalue weighted by Gasteiger charge is -2.09. The lowest BCUT2D eigenvalue weighted by molar-refractivity contribution is -0.119. The second-order valence-corrected chi connectivity index (χ2v) is 4.80. The second kappa shape index (κ2) is 5.21. The van der Waals surface area contributed by atoms with Crippen LogP contribution in [0.25, 0.3) is 0 Å². The average molecular weight is 267 g/mol. The molecule has 1 aliphatic carbocycles. The van der Waals surface area contributed by atoms with Crippen molar-refractivity contribution in [1.29, 1.82) is 0 Å². The van der Waals surface area contributed by atoms with Gasteiger partial charge in [-0.15, -0.1) is 0 Å². The highest BCUT2D eigenvalue weighted by atomic mass is 16.2. The van der Waals surface area contributed by atoms with E-state index in [1.165, 1.54) is 0 Å². The Morgan fingerprint density at radius 2 is 2.20 bits per heavy atom. The molecule has 5 nitrogen and oxygen atoms in total. The molecule has 2 heterocycles. The van der Waals surface area contributed by atoms with E-state index in [0.29, 0.717) is 24.2 Å². The van der Waals surface area contributed by atoms with Crippen LogP contribution in [-0.4, -0.2) is 22.2 Å². The number of carbonyl (C=O) groups is 2. The van der Waals surface area contributed by atoms with Gasteiger partial charge in [0.05, 0.1) is 0 Å². The van der Waals surface area contributed by atoms with Crippen LogP contribution in [0, 0.1) is 5.92 Å². The molecule has 0 aliphatic heterocycles. The van der Waals surface area contributed by atoms with E-state index >= 15 is 0 Å². The Kier molecular flexibility index (Phi) is 3.25. The van der Waals surface area contributed by atoms with Gasteiger partial charge in [0.25, 0.3) is 0 Å². The van der Waals surface area contributed by atoms with Gasteiger partial charge < -0.3 is 5.32 Å². The van der Waals surface area contributed by atoms with E-state index in [-0.39, 0.29) is 11.8 Å². The largest absolute Gasteiger partial charge is 0.310 e. The first-order valence-corrected chi connectivity index (χ1v) is 6.41. The number of carbonyl (C=O) groups excluding carboxylic acids is 2. The molecule has 100 valence electrons. The fourth-order valence-electron chi connectivity index (χ4n) is 2.40. The Bertz CT molecular complexity index is 655. The first kappa shape index (κ1) is 12.5. The van der Waals surface area contributed by atoms with Gasteiger partial charge in [-0.05, 0) is 30.2 Å². The smallest absolute Gasteiger partial charge is 0.229 e. The zero-order chi connectivity index (χ0) is 13.9. The van der Waals surface area contributed by atoms with Crippen LogP contribution in [0.1, 0.15) is 21.6 Å². The molecular formula is C15H13N3O2. The van der Waals surface area contributed by atoms with E-state index < -0.39 is 0 Å². The summed E-state index contributed by atoms with van der Waals surface area (Å²) in [5.74, 6) is 0.339. The number of nitrogens with one attached hydrogen (secondary N) is 1. The molecule has 20 heavy (non-hydrogen) atoms. The van der Waals surface area contributed by atoms with Gasteiger partial charge in [-0.1, -0.05) is 6.07 Å². The maximum absolute atomic E-state index is 12.2. The van der Waals surface area contributed by atoms with Gasteiger partial charge in [0.2, 0.25) is 5.91 Å². The van der Waals surface area contributed by atoms with Crippen molar-refractivity contribution in [3.63, 3.8) is 0 Å². The molecule has 0 spiro atoms. The lowest BCUT2D eigenvalue weighted by atomic mass is 10.1. The number of pyridine rings is 2. The molecule has 1 unspecified atom stereocenters. The quantitative estimate of drug-likeness (QED) is 0.858. The van der Waals surface area contributed by atoms with Crippen molar-refractivity contribution in [3.05, 3.63) is 53.5 Å². The van der Waals surface area contributed by atoms with Crippen molar-refractivity contribution < 1.29 is 9.59 Å². The predicted molar refractivity (Wildman–Crippen MR) is 73.4 cm³/mol. The Morgan fingerprint density at radius 1 is 1.30 bits per heavy atom. The fraction of sp³-hybridized carbons (Fsp3) is 0.200. The Labute approximate surface area is 116 Å². The van der Waals surface area contributed by atoms with E-state index in [1.807, 2.05) is 12.1 Å². The van der Waals surface area contributed by atoms with Crippen LogP contribution in [0.2, 0.25) is 0 Å². The van der Waals surface area contributed by atoms with Gasteiger partial charge in [0.15, 0.2) is 6.29 Å². The average Bonchev–Trinajstić information content (AvgIpc) is 2.91. The number of aldehydes is 1. The summed E-state index contributed by atoms with van der Waals surface area (Å²) in [5, 5.41) is 2.80. The molecule has 5 heteroatoms. The van der Waals surface area contributed by atoms with Crippen molar-refractivity contribution in [1.82, 2.24) is 9.97 Å². The maximum atomic E-state index is 12.2. The van der Waals surface area contributed by atoms with Crippen LogP contribution in [0.4, 0.5) is 5.82 Å². The monoisotopic (exact) mass is 267 g/mol. The summed E-state index contributed by atoms with van der Waals surface area (Å²) >= 11 is 0. The molecule has 0 bridgehead atoms. The molecule has 2 aromatic heterocycles. The molecule has 0 fully saturated rings. The number of hydrogen-bond acceptors (Lipinski definition) is 4. The molecule has 1 atom stereocenters. The van der Waals surface area contributed by atoms with Crippen molar-refractivity contribution in [2.24, 2.45) is 5.92 Å². The van der Waals surface area contributed by atoms with Crippen LogP contribution < -0.4 is 5.32 Å². The van der Waals surface area contributed by atoms with Gasteiger partial charge in [0.1, 0.15) is 5.82 Å². The number of anilines is 1.